The van der Waals surface area contributed by atoms with Gasteiger partial charge >= 0.3 is 0 Å². The minimum Gasteiger partial charge on any atom is -0.362 e. The van der Waals surface area contributed by atoms with Gasteiger partial charge < -0.3 is 9.64 Å². The first-order chi connectivity index (χ1) is 6.79. The van der Waals surface area contributed by atoms with E-state index < -0.39 is 0 Å². The highest BCUT2D eigenvalue weighted by Gasteiger charge is 2.20. The van der Waals surface area contributed by atoms with Crippen molar-refractivity contribution in [3.63, 3.8) is 0 Å². The van der Waals surface area contributed by atoms with E-state index in [1.807, 2.05) is 6.92 Å². The van der Waals surface area contributed by atoms with E-state index >= 15 is 0 Å². The van der Waals surface area contributed by atoms with Gasteiger partial charge in [-0.05, 0) is 6.92 Å². The molecule has 74 valence electrons. The van der Waals surface area contributed by atoms with Crippen LogP contribution >= 0.6 is 11.3 Å². The van der Waals surface area contributed by atoms with Crippen LogP contribution in [0.15, 0.2) is 0 Å². The maximum absolute atomic E-state index is 5.36. The zero-order valence-electron chi connectivity index (χ0n) is 7.93. The van der Waals surface area contributed by atoms with Gasteiger partial charge in [-0.1, -0.05) is 17.3 Å². The minimum atomic E-state index is -0.118. The molecule has 2 rings (SSSR count). The maximum atomic E-state index is 5.36. The third kappa shape index (κ3) is 1.86. The minimum absolute atomic E-state index is 0.118. The van der Waals surface area contributed by atoms with Gasteiger partial charge in [-0.3, -0.25) is 0 Å². The highest BCUT2D eigenvalue weighted by Crippen LogP contribution is 2.21. The summed E-state index contributed by atoms with van der Waals surface area (Å²) in [5.41, 5.74) is 0. The SMILES string of the molecule is C#CC1CN(c2nnc(C)s2)CCO1. The molecule has 0 amide bonds. The van der Waals surface area contributed by atoms with Crippen LogP contribution in [0.2, 0.25) is 0 Å². The average Bonchev–Trinajstić information content (AvgIpc) is 2.65. The number of hydrogen-bond donors (Lipinski definition) is 0. The second kappa shape index (κ2) is 3.95. The van der Waals surface area contributed by atoms with Crippen LogP contribution < -0.4 is 4.90 Å². The number of nitrogens with zero attached hydrogens (tertiary/aromatic N) is 3. The standard InChI is InChI=1S/C9H11N3OS/c1-3-8-6-12(4-5-13-8)9-11-10-7(2)14-9/h1,8H,4-6H2,2H3. The number of rotatable bonds is 1. The van der Waals surface area contributed by atoms with Gasteiger partial charge in [-0.2, -0.15) is 0 Å². The molecule has 2 heterocycles. The molecule has 1 aliphatic heterocycles. The summed E-state index contributed by atoms with van der Waals surface area (Å²) in [5, 5.41) is 9.97. The average molecular weight is 209 g/mol. The van der Waals surface area contributed by atoms with Crippen LogP contribution in [0.3, 0.4) is 0 Å². The van der Waals surface area contributed by atoms with E-state index in [4.69, 9.17) is 11.2 Å². The highest BCUT2D eigenvalue weighted by atomic mass is 32.1. The second-order valence-corrected chi connectivity index (χ2v) is 4.24. The first kappa shape index (κ1) is 9.44. The second-order valence-electron chi connectivity index (χ2n) is 3.08. The van der Waals surface area contributed by atoms with Gasteiger partial charge in [0.2, 0.25) is 5.13 Å². The summed E-state index contributed by atoms with van der Waals surface area (Å²) in [5.74, 6) is 2.60. The van der Waals surface area contributed by atoms with Crippen molar-refractivity contribution in [3.8, 4) is 12.3 Å². The Kier molecular flexibility index (Phi) is 2.66. The maximum Gasteiger partial charge on any atom is 0.208 e. The third-order valence-corrected chi connectivity index (χ3v) is 2.94. The molecule has 0 bridgehead atoms. The number of terminal acetylenes is 1. The van der Waals surface area contributed by atoms with E-state index in [0.29, 0.717) is 13.2 Å². The van der Waals surface area contributed by atoms with Gasteiger partial charge in [0.25, 0.3) is 0 Å². The summed E-state index contributed by atoms with van der Waals surface area (Å²) >= 11 is 1.59. The first-order valence-electron chi connectivity index (χ1n) is 4.42. The number of aryl methyl sites for hydroxylation is 1. The lowest BCUT2D eigenvalue weighted by Gasteiger charge is -2.29. The van der Waals surface area contributed by atoms with Gasteiger partial charge in [0.1, 0.15) is 11.1 Å². The molecule has 4 nitrogen and oxygen atoms in total. The predicted molar refractivity (Wildman–Crippen MR) is 55.4 cm³/mol. The molecule has 1 aliphatic rings. The predicted octanol–water partition coefficient (Wildman–Crippen LogP) is 0.685. The number of aromatic nitrogens is 2. The van der Waals surface area contributed by atoms with Crippen LogP contribution in [0, 0.1) is 19.3 Å². The molecule has 0 aromatic carbocycles. The van der Waals surface area contributed by atoms with E-state index in [1.54, 1.807) is 11.3 Å². The molecule has 1 saturated heterocycles. The molecule has 0 N–H and O–H groups in total. The Morgan fingerprint density at radius 3 is 3.14 bits per heavy atom. The van der Waals surface area contributed by atoms with Crippen LogP contribution in [0.5, 0.6) is 0 Å². The van der Waals surface area contributed by atoms with Crippen LogP contribution in [-0.2, 0) is 4.74 Å². The topological polar surface area (TPSA) is 38.2 Å². The van der Waals surface area contributed by atoms with Crippen molar-refractivity contribution < 1.29 is 4.74 Å². The van der Waals surface area contributed by atoms with Crippen molar-refractivity contribution in [2.24, 2.45) is 0 Å². The quantitative estimate of drug-likeness (QED) is 0.638. The van der Waals surface area contributed by atoms with Crippen LogP contribution in [-0.4, -0.2) is 36.0 Å². The molecule has 0 aliphatic carbocycles. The summed E-state index contributed by atoms with van der Waals surface area (Å²) < 4.78 is 5.36. The Balaban J connectivity index is 2.08. The Morgan fingerprint density at radius 1 is 1.64 bits per heavy atom. The van der Waals surface area contributed by atoms with E-state index in [2.05, 4.69) is 21.0 Å². The fourth-order valence-corrected chi connectivity index (χ4v) is 2.06. The summed E-state index contributed by atoms with van der Waals surface area (Å²) in [6.45, 7) is 4.16. The monoisotopic (exact) mass is 209 g/mol. The summed E-state index contributed by atoms with van der Waals surface area (Å²) in [7, 11) is 0. The fraction of sp³-hybridized carbons (Fsp3) is 0.556. The zero-order valence-corrected chi connectivity index (χ0v) is 8.75. The molecule has 1 fully saturated rings. The van der Waals surface area contributed by atoms with Crippen molar-refractivity contribution in [2.75, 3.05) is 24.6 Å². The lowest BCUT2D eigenvalue weighted by molar-refractivity contribution is 0.0778. The highest BCUT2D eigenvalue weighted by molar-refractivity contribution is 7.15. The first-order valence-corrected chi connectivity index (χ1v) is 5.24. The number of hydrogen-bond acceptors (Lipinski definition) is 5. The van der Waals surface area contributed by atoms with Crippen molar-refractivity contribution in [3.05, 3.63) is 5.01 Å². The van der Waals surface area contributed by atoms with Crippen molar-refractivity contribution in [1.82, 2.24) is 10.2 Å². The fourth-order valence-electron chi connectivity index (χ4n) is 1.34. The lowest BCUT2D eigenvalue weighted by Crippen LogP contribution is -2.41. The normalized spacial score (nSPS) is 22.0. The molecular formula is C9H11N3OS. The molecule has 5 heteroatoms. The molecule has 0 radical (unpaired) electrons. The molecular weight excluding hydrogens is 198 g/mol. The van der Waals surface area contributed by atoms with Gasteiger partial charge in [-0.25, -0.2) is 0 Å². The molecule has 0 spiro atoms. The van der Waals surface area contributed by atoms with Crippen molar-refractivity contribution in [1.29, 1.82) is 0 Å². The zero-order chi connectivity index (χ0) is 9.97. The molecule has 1 atom stereocenters. The molecule has 1 aromatic heterocycles. The number of morpholine rings is 1. The molecule has 0 saturated carbocycles. The van der Waals surface area contributed by atoms with Crippen LogP contribution in [0.4, 0.5) is 5.13 Å². The van der Waals surface area contributed by atoms with Crippen LogP contribution in [0.25, 0.3) is 0 Å². The van der Waals surface area contributed by atoms with E-state index in [9.17, 15) is 0 Å². The summed E-state index contributed by atoms with van der Waals surface area (Å²) in [6.07, 6.45) is 5.20. The van der Waals surface area contributed by atoms with Crippen molar-refractivity contribution in [2.45, 2.75) is 13.0 Å². The van der Waals surface area contributed by atoms with Gasteiger partial charge in [0.15, 0.2) is 0 Å². The number of ether oxygens (including phenoxy) is 1. The molecule has 14 heavy (non-hydrogen) atoms. The van der Waals surface area contributed by atoms with E-state index in [0.717, 1.165) is 16.7 Å². The van der Waals surface area contributed by atoms with Crippen LogP contribution in [0.1, 0.15) is 5.01 Å². The Hall–Kier alpha value is -1.12. The smallest absolute Gasteiger partial charge is 0.208 e. The third-order valence-electron chi connectivity index (χ3n) is 2.04. The number of anilines is 1. The van der Waals surface area contributed by atoms with Crippen molar-refractivity contribution >= 4 is 16.5 Å². The Morgan fingerprint density at radius 2 is 2.50 bits per heavy atom. The summed E-state index contributed by atoms with van der Waals surface area (Å²) in [6, 6.07) is 0. The van der Waals surface area contributed by atoms with Gasteiger partial charge in [0, 0.05) is 6.54 Å². The molecule has 1 aromatic rings. The van der Waals surface area contributed by atoms with Gasteiger partial charge in [0.05, 0.1) is 13.2 Å². The molecule has 1 unspecified atom stereocenters. The summed E-state index contributed by atoms with van der Waals surface area (Å²) in [4.78, 5) is 2.12. The van der Waals surface area contributed by atoms with E-state index in [1.165, 1.54) is 0 Å². The van der Waals surface area contributed by atoms with Gasteiger partial charge in [-0.15, -0.1) is 16.6 Å². The van der Waals surface area contributed by atoms with E-state index in [-0.39, 0.29) is 6.10 Å². The lowest BCUT2D eigenvalue weighted by atomic mass is 10.3. The Labute approximate surface area is 86.9 Å². The Bertz CT molecular complexity index is 357. The largest absolute Gasteiger partial charge is 0.362 e.